The van der Waals surface area contributed by atoms with Crippen LogP contribution in [0.3, 0.4) is 0 Å². The number of amides is 4. The number of piperazine rings is 1. The van der Waals surface area contributed by atoms with Crippen LogP contribution in [0.25, 0.3) is 0 Å². The normalized spacial score (nSPS) is 21.3. The second-order valence-corrected chi connectivity index (χ2v) is 8.11. The van der Waals surface area contributed by atoms with Crippen molar-refractivity contribution in [1.82, 2.24) is 15.5 Å². The molecule has 9 nitrogen and oxygen atoms in total. The molecule has 0 bridgehead atoms. The number of imide groups is 1. The van der Waals surface area contributed by atoms with Crippen molar-refractivity contribution in [3.05, 3.63) is 28.2 Å². The van der Waals surface area contributed by atoms with Gasteiger partial charge in [-0.2, -0.15) is 0 Å². The van der Waals surface area contributed by atoms with Crippen LogP contribution in [0.4, 0.5) is 10.5 Å². The molecule has 162 valence electrons. The van der Waals surface area contributed by atoms with Gasteiger partial charge in [0.25, 0.3) is 5.91 Å². The molecule has 2 fully saturated rings. The molecule has 0 spiro atoms. The lowest BCUT2D eigenvalue weighted by atomic mass is 9.89. The standard InChI is InChI=1S/C19H22Cl2N4O5/c1-30-16(27)11-19(17(28)22-18(29)23-19)3-2-15(26)25-6-4-24(5-7-25)14-9-12(20)8-13(21)10-14/h8-10H,2-7,11H2,1H3,(H2,22,23,28,29). The first-order chi connectivity index (χ1) is 14.2. The number of esters is 1. The fourth-order valence-electron chi connectivity index (χ4n) is 3.65. The molecule has 2 saturated heterocycles. The molecule has 11 heteroatoms. The summed E-state index contributed by atoms with van der Waals surface area (Å²) in [5.74, 6) is -1.43. The predicted molar refractivity (Wildman–Crippen MR) is 111 cm³/mol. The van der Waals surface area contributed by atoms with Crippen molar-refractivity contribution in [2.75, 3.05) is 38.2 Å². The van der Waals surface area contributed by atoms with E-state index in [4.69, 9.17) is 23.2 Å². The molecule has 3 rings (SSSR count). The van der Waals surface area contributed by atoms with E-state index in [1.165, 1.54) is 7.11 Å². The highest BCUT2D eigenvalue weighted by molar-refractivity contribution is 6.35. The average Bonchev–Trinajstić information content (AvgIpc) is 2.98. The largest absolute Gasteiger partial charge is 0.469 e. The van der Waals surface area contributed by atoms with Crippen molar-refractivity contribution in [2.45, 2.75) is 24.8 Å². The molecule has 4 amide bonds. The van der Waals surface area contributed by atoms with Crippen molar-refractivity contribution in [3.63, 3.8) is 0 Å². The molecular formula is C19H22Cl2N4O5. The number of rotatable bonds is 6. The summed E-state index contributed by atoms with van der Waals surface area (Å²) >= 11 is 12.1. The quantitative estimate of drug-likeness (QED) is 0.496. The molecule has 1 aromatic carbocycles. The zero-order valence-electron chi connectivity index (χ0n) is 16.4. The van der Waals surface area contributed by atoms with Gasteiger partial charge in [0.05, 0.1) is 13.5 Å². The second-order valence-electron chi connectivity index (χ2n) is 7.24. The number of benzene rings is 1. The topological polar surface area (TPSA) is 108 Å². The Morgan fingerprint density at radius 1 is 1.10 bits per heavy atom. The number of carbonyl (C=O) groups excluding carboxylic acids is 4. The van der Waals surface area contributed by atoms with Gasteiger partial charge in [-0.15, -0.1) is 0 Å². The van der Waals surface area contributed by atoms with Gasteiger partial charge in [-0.25, -0.2) is 4.79 Å². The van der Waals surface area contributed by atoms with Crippen LogP contribution in [-0.2, 0) is 19.1 Å². The molecule has 1 aromatic rings. The van der Waals surface area contributed by atoms with Gasteiger partial charge in [-0.1, -0.05) is 23.2 Å². The first-order valence-electron chi connectivity index (χ1n) is 9.42. The number of nitrogens with zero attached hydrogens (tertiary/aromatic N) is 2. The van der Waals surface area contributed by atoms with Crippen LogP contribution in [0.1, 0.15) is 19.3 Å². The van der Waals surface area contributed by atoms with Crippen LogP contribution in [0.5, 0.6) is 0 Å². The minimum Gasteiger partial charge on any atom is -0.469 e. The van der Waals surface area contributed by atoms with E-state index in [9.17, 15) is 19.2 Å². The number of nitrogens with one attached hydrogen (secondary N) is 2. The van der Waals surface area contributed by atoms with Crippen LogP contribution >= 0.6 is 23.2 Å². The Balaban J connectivity index is 1.58. The highest BCUT2D eigenvalue weighted by Gasteiger charge is 2.48. The first-order valence-corrected chi connectivity index (χ1v) is 10.2. The molecule has 1 unspecified atom stereocenters. The lowest BCUT2D eigenvalue weighted by Crippen LogP contribution is -2.51. The second kappa shape index (κ2) is 9.09. The van der Waals surface area contributed by atoms with Crippen LogP contribution < -0.4 is 15.5 Å². The number of methoxy groups -OCH3 is 1. The maximum atomic E-state index is 12.7. The smallest absolute Gasteiger partial charge is 0.322 e. The Labute approximate surface area is 183 Å². The van der Waals surface area contributed by atoms with Crippen molar-refractivity contribution < 1.29 is 23.9 Å². The summed E-state index contributed by atoms with van der Waals surface area (Å²) < 4.78 is 4.62. The number of anilines is 1. The van der Waals surface area contributed by atoms with E-state index in [1.54, 1.807) is 11.0 Å². The summed E-state index contributed by atoms with van der Waals surface area (Å²) in [4.78, 5) is 52.0. The van der Waals surface area contributed by atoms with Crippen molar-refractivity contribution >= 4 is 52.7 Å². The van der Waals surface area contributed by atoms with Crippen molar-refractivity contribution in [2.24, 2.45) is 0 Å². The van der Waals surface area contributed by atoms with Gasteiger partial charge in [0.1, 0.15) is 5.54 Å². The summed E-state index contributed by atoms with van der Waals surface area (Å²) in [6.45, 7) is 2.19. The summed E-state index contributed by atoms with van der Waals surface area (Å²) in [5.41, 5.74) is -0.582. The maximum absolute atomic E-state index is 12.7. The Morgan fingerprint density at radius 3 is 2.27 bits per heavy atom. The Morgan fingerprint density at radius 2 is 1.73 bits per heavy atom. The SMILES string of the molecule is COC(=O)CC1(CCC(=O)N2CCN(c3cc(Cl)cc(Cl)c3)CC2)NC(=O)NC1=O. The molecule has 1 atom stereocenters. The van der Waals surface area contributed by atoms with Crippen molar-refractivity contribution in [3.8, 4) is 0 Å². The molecule has 2 aliphatic heterocycles. The molecule has 30 heavy (non-hydrogen) atoms. The van der Waals surface area contributed by atoms with Crippen LogP contribution in [0.2, 0.25) is 10.0 Å². The number of halogens is 2. The zero-order chi connectivity index (χ0) is 21.9. The molecule has 0 aromatic heterocycles. The lowest BCUT2D eigenvalue weighted by Gasteiger charge is -2.36. The molecule has 2 aliphatic rings. The van der Waals surface area contributed by atoms with Crippen LogP contribution in [0, 0.1) is 0 Å². The van der Waals surface area contributed by atoms with Crippen molar-refractivity contribution in [1.29, 1.82) is 0 Å². The number of hydrogen-bond acceptors (Lipinski definition) is 6. The highest BCUT2D eigenvalue weighted by Crippen LogP contribution is 2.27. The summed E-state index contributed by atoms with van der Waals surface area (Å²) in [5, 5.41) is 5.69. The minimum atomic E-state index is -1.47. The zero-order valence-corrected chi connectivity index (χ0v) is 17.9. The van der Waals surface area contributed by atoms with E-state index in [2.05, 4.69) is 20.3 Å². The van der Waals surface area contributed by atoms with Crippen LogP contribution in [-0.4, -0.2) is 67.5 Å². The third-order valence-electron chi connectivity index (χ3n) is 5.30. The Hall–Kier alpha value is -2.52. The summed E-state index contributed by atoms with van der Waals surface area (Å²) in [7, 11) is 1.20. The van der Waals surface area contributed by atoms with Gasteiger partial charge in [0.2, 0.25) is 5.91 Å². The third kappa shape index (κ3) is 4.96. The third-order valence-corrected chi connectivity index (χ3v) is 5.74. The van der Waals surface area contributed by atoms with Gasteiger partial charge in [-0.3, -0.25) is 19.7 Å². The van der Waals surface area contributed by atoms with Gasteiger partial charge >= 0.3 is 12.0 Å². The number of carbonyl (C=O) groups is 4. The molecule has 2 N–H and O–H groups in total. The molecule has 0 aliphatic carbocycles. The van der Waals surface area contributed by atoms with Gasteiger partial charge in [0, 0.05) is 48.3 Å². The fraction of sp³-hybridized carbons (Fsp3) is 0.474. The monoisotopic (exact) mass is 456 g/mol. The van der Waals surface area contributed by atoms with Gasteiger partial charge in [0.15, 0.2) is 0 Å². The van der Waals surface area contributed by atoms with E-state index in [1.807, 2.05) is 12.1 Å². The van der Waals surface area contributed by atoms with Crippen LogP contribution in [0.15, 0.2) is 18.2 Å². The maximum Gasteiger partial charge on any atom is 0.322 e. The highest BCUT2D eigenvalue weighted by atomic mass is 35.5. The van der Waals surface area contributed by atoms with E-state index in [-0.39, 0.29) is 25.2 Å². The van der Waals surface area contributed by atoms with E-state index < -0.39 is 23.4 Å². The van der Waals surface area contributed by atoms with E-state index >= 15 is 0 Å². The minimum absolute atomic E-state index is 0.00260. The Kier molecular flexibility index (Phi) is 6.72. The summed E-state index contributed by atoms with van der Waals surface area (Å²) in [6.07, 6.45) is -0.325. The number of urea groups is 1. The molecule has 2 heterocycles. The summed E-state index contributed by atoms with van der Waals surface area (Å²) in [6, 6.07) is 4.62. The van der Waals surface area contributed by atoms with E-state index in [0.717, 1.165) is 5.69 Å². The van der Waals surface area contributed by atoms with Gasteiger partial charge in [-0.05, 0) is 24.6 Å². The van der Waals surface area contributed by atoms with Gasteiger partial charge < -0.3 is 19.9 Å². The molecular weight excluding hydrogens is 435 g/mol. The fourth-order valence-corrected chi connectivity index (χ4v) is 4.16. The molecule has 0 saturated carbocycles. The first kappa shape index (κ1) is 22.2. The lowest BCUT2D eigenvalue weighted by molar-refractivity contribution is -0.145. The Bertz CT molecular complexity index is 852. The molecule has 0 radical (unpaired) electrons. The number of ether oxygens (including phenoxy) is 1. The predicted octanol–water partition coefficient (Wildman–Crippen LogP) is 1.56. The number of hydrogen-bond donors (Lipinski definition) is 2. The van der Waals surface area contributed by atoms with E-state index in [0.29, 0.717) is 36.2 Å². The average molecular weight is 457 g/mol.